The third-order valence-corrected chi connectivity index (χ3v) is 7.31. The molecule has 0 amide bonds. The molecule has 0 radical (unpaired) electrons. The van der Waals surface area contributed by atoms with Crippen molar-refractivity contribution in [1.82, 2.24) is 0 Å². The average molecular weight is 270 g/mol. The number of allylic oxidation sites excluding steroid dienone is 8. The van der Waals surface area contributed by atoms with Crippen LogP contribution in [0.5, 0.6) is 0 Å². The van der Waals surface area contributed by atoms with Crippen molar-refractivity contribution in [1.29, 1.82) is 0 Å². The highest BCUT2D eigenvalue weighted by Crippen LogP contribution is 2.60. The van der Waals surface area contributed by atoms with Crippen molar-refractivity contribution in [3.05, 3.63) is 44.6 Å². The third kappa shape index (κ3) is 1.43. The molecule has 0 aromatic heterocycles. The van der Waals surface area contributed by atoms with E-state index >= 15 is 0 Å². The monoisotopic (exact) mass is 270 g/mol. The minimum atomic E-state index is 0.0969. The first-order valence-corrected chi connectivity index (χ1v) is 7.75. The lowest BCUT2D eigenvalue weighted by atomic mass is 9.53. The molecule has 0 N–H and O–H groups in total. The van der Waals surface area contributed by atoms with Crippen molar-refractivity contribution in [3.8, 4) is 0 Å². The minimum Gasteiger partial charge on any atom is -0.0592 e. The predicted molar refractivity (Wildman–Crippen MR) is 89.7 cm³/mol. The topological polar surface area (TPSA) is 0 Å². The van der Waals surface area contributed by atoms with Crippen molar-refractivity contribution in [2.24, 2.45) is 10.8 Å². The van der Waals surface area contributed by atoms with E-state index < -0.39 is 0 Å². The molecular weight excluding hydrogens is 240 g/mol. The van der Waals surface area contributed by atoms with Crippen LogP contribution in [0.15, 0.2) is 44.6 Å². The molecule has 0 nitrogen and oxygen atoms in total. The summed E-state index contributed by atoms with van der Waals surface area (Å²) in [5, 5.41) is 0. The first-order chi connectivity index (χ1) is 9.02. The van der Waals surface area contributed by atoms with Gasteiger partial charge in [-0.05, 0) is 80.4 Å². The van der Waals surface area contributed by atoms with Gasteiger partial charge in [0.1, 0.15) is 0 Å². The van der Waals surface area contributed by atoms with E-state index in [1.165, 1.54) is 22.3 Å². The Morgan fingerprint density at radius 1 is 0.400 bits per heavy atom. The number of fused-ring (bicyclic) bond motifs is 1. The van der Waals surface area contributed by atoms with E-state index in [9.17, 15) is 0 Å². The van der Waals surface area contributed by atoms with Crippen molar-refractivity contribution >= 4 is 0 Å². The SMILES string of the molecule is CC1=C(C)C2(C)C(C)=C(C)C(C)(C(C)=C1C)C(C)=C2C. The van der Waals surface area contributed by atoms with Crippen LogP contribution in [-0.4, -0.2) is 0 Å². The van der Waals surface area contributed by atoms with Crippen LogP contribution in [0.2, 0.25) is 0 Å². The highest BCUT2D eigenvalue weighted by molar-refractivity contribution is 5.60. The summed E-state index contributed by atoms with van der Waals surface area (Å²) in [6.07, 6.45) is 0. The summed E-state index contributed by atoms with van der Waals surface area (Å²) in [7, 11) is 0. The van der Waals surface area contributed by atoms with Gasteiger partial charge in [0.25, 0.3) is 0 Å². The van der Waals surface area contributed by atoms with Crippen molar-refractivity contribution in [2.45, 2.75) is 69.2 Å². The van der Waals surface area contributed by atoms with E-state index in [1.54, 1.807) is 22.3 Å². The highest BCUT2D eigenvalue weighted by Gasteiger charge is 2.47. The van der Waals surface area contributed by atoms with E-state index in [2.05, 4.69) is 69.2 Å². The fourth-order valence-electron chi connectivity index (χ4n) is 4.50. The molecule has 0 aliphatic heterocycles. The third-order valence-electron chi connectivity index (χ3n) is 7.31. The molecular formula is C20H30. The van der Waals surface area contributed by atoms with E-state index in [-0.39, 0.29) is 10.8 Å². The van der Waals surface area contributed by atoms with Gasteiger partial charge in [-0.15, -0.1) is 0 Å². The fourth-order valence-corrected chi connectivity index (χ4v) is 4.50. The van der Waals surface area contributed by atoms with Crippen LogP contribution in [0, 0.1) is 10.8 Å². The number of hydrogen-bond acceptors (Lipinski definition) is 0. The van der Waals surface area contributed by atoms with Gasteiger partial charge in [-0.25, -0.2) is 0 Å². The number of rotatable bonds is 0. The van der Waals surface area contributed by atoms with Gasteiger partial charge in [-0.3, -0.25) is 0 Å². The Balaban J connectivity index is 3.09. The van der Waals surface area contributed by atoms with E-state index in [4.69, 9.17) is 0 Å². The second-order valence-corrected chi connectivity index (χ2v) is 7.25. The van der Waals surface area contributed by atoms with Crippen LogP contribution >= 0.6 is 0 Å². The van der Waals surface area contributed by atoms with Gasteiger partial charge in [0.05, 0.1) is 0 Å². The van der Waals surface area contributed by atoms with Gasteiger partial charge in [0, 0.05) is 10.8 Å². The van der Waals surface area contributed by atoms with Crippen molar-refractivity contribution in [2.75, 3.05) is 0 Å². The van der Waals surface area contributed by atoms with Crippen LogP contribution in [0.1, 0.15) is 69.2 Å². The molecule has 3 aliphatic carbocycles. The summed E-state index contributed by atoms with van der Waals surface area (Å²) in [4.78, 5) is 0. The Labute approximate surface area is 125 Å². The summed E-state index contributed by atoms with van der Waals surface area (Å²) in [6.45, 7) is 23.4. The quantitative estimate of drug-likeness (QED) is 0.448. The van der Waals surface area contributed by atoms with Gasteiger partial charge in [-0.1, -0.05) is 33.4 Å². The first kappa shape index (κ1) is 15.4. The van der Waals surface area contributed by atoms with Crippen LogP contribution < -0.4 is 0 Å². The van der Waals surface area contributed by atoms with Gasteiger partial charge < -0.3 is 0 Å². The first-order valence-electron chi connectivity index (χ1n) is 7.75. The molecule has 2 bridgehead atoms. The van der Waals surface area contributed by atoms with Crippen molar-refractivity contribution in [3.63, 3.8) is 0 Å². The van der Waals surface area contributed by atoms with Crippen LogP contribution in [0.3, 0.4) is 0 Å². The zero-order chi connectivity index (χ0) is 15.6. The molecule has 110 valence electrons. The summed E-state index contributed by atoms with van der Waals surface area (Å²) < 4.78 is 0. The Kier molecular flexibility index (Phi) is 3.24. The summed E-state index contributed by atoms with van der Waals surface area (Å²) in [5.74, 6) is 0. The normalized spacial score (nSPS) is 35.1. The Hall–Kier alpha value is -1.04. The maximum atomic E-state index is 2.41. The van der Waals surface area contributed by atoms with E-state index in [0.717, 1.165) is 0 Å². The lowest BCUT2D eigenvalue weighted by Gasteiger charge is -2.51. The average Bonchev–Trinajstić information content (AvgIpc) is 2.45. The van der Waals surface area contributed by atoms with Crippen LogP contribution in [0.25, 0.3) is 0 Å². The molecule has 0 saturated heterocycles. The molecule has 0 heterocycles. The molecule has 3 rings (SSSR count). The maximum absolute atomic E-state index is 2.41. The van der Waals surface area contributed by atoms with Crippen LogP contribution in [0.4, 0.5) is 0 Å². The van der Waals surface area contributed by atoms with Gasteiger partial charge in [0.15, 0.2) is 0 Å². The van der Waals surface area contributed by atoms with Gasteiger partial charge in [-0.2, -0.15) is 0 Å². The molecule has 0 atom stereocenters. The predicted octanol–water partition coefficient (Wildman–Crippen LogP) is 6.37. The highest BCUT2D eigenvalue weighted by atomic mass is 14.5. The molecule has 0 unspecified atom stereocenters. The minimum absolute atomic E-state index is 0.0969. The Bertz CT molecular complexity index is 534. The molecule has 0 heteroatoms. The zero-order valence-electron chi connectivity index (χ0n) is 15.0. The zero-order valence-corrected chi connectivity index (χ0v) is 15.0. The largest absolute Gasteiger partial charge is 0.0592 e. The molecule has 0 aromatic carbocycles. The smallest absolute Gasteiger partial charge is 0.0305 e. The van der Waals surface area contributed by atoms with Gasteiger partial charge >= 0.3 is 0 Å². The number of hydrogen-bond donors (Lipinski definition) is 0. The van der Waals surface area contributed by atoms with Crippen molar-refractivity contribution < 1.29 is 0 Å². The summed E-state index contributed by atoms with van der Waals surface area (Å²) in [5.41, 5.74) is 12.4. The molecule has 0 fully saturated rings. The molecule has 0 saturated carbocycles. The fraction of sp³-hybridized carbons (Fsp3) is 0.600. The lowest BCUT2D eigenvalue weighted by molar-refractivity contribution is 0.444. The maximum Gasteiger partial charge on any atom is 0.0305 e. The standard InChI is InChI=1S/C20H30/c1-11-12(2)14(4)20(10)17(7)15(5)19(9,13(11)3)16(6)18(20)8/h1-10H3. The second-order valence-electron chi connectivity index (χ2n) is 7.25. The molecule has 3 aliphatic rings. The Morgan fingerprint density at radius 2 is 0.600 bits per heavy atom. The molecule has 0 spiro atoms. The van der Waals surface area contributed by atoms with Gasteiger partial charge in [0.2, 0.25) is 0 Å². The van der Waals surface area contributed by atoms with Crippen LogP contribution in [-0.2, 0) is 0 Å². The van der Waals surface area contributed by atoms with E-state index in [0.29, 0.717) is 0 Å². The van der Waals surface area contributed by atoms with E-state index in [1.807, 2.05) is 0 Å². The molecule has 0 aromatic rings. The summed E-state index contributed by atoms with van der Waals surface area (Å²) >= 11 is 0. The second kappa shape index (κ2) is 4.23. The lowest BCUT2D eigenvalue weighted by Crippen LogP contribution is -2.38. The Morgan fingerprint density at radius 3 is 0.800 bits per heavy atom. The molecule has 20 heavy (non-hydrogen) atoms. The summed E-state index contributed by atoms with van der Waals surface area (Å²) in [6, 6.07) is 0.